The molecule has 0 aliphatic heterocycles. The molecule has 0 aliphatic carbocycles. The van der Waals surface area contributed by atoms with Gasteiger partial charge in [0.15, 0.2) is 0 Å². The van der Waals surface area contributed by atoms with Gasteiger partial charge in [-0.1, -0.05) is 12.8 Å². The standard InChI is InChI=1S/C23H49NO13P2S/c1-38(26,27)35-20-18-33-16-14-31-12-10-30-11-13-32-15-17-34-19-21-37-39(28,29)36-9-6-4-3-5-8-24-23(25)7-22-40-2/h3-22H2,1-2H3,(H,24,25)(H,26,27)(H,28,29). The fraction of sp³-hybridized carbons (Fsp3) is 0.957. The van der Waals surface area contributed by atoms with Gasteiger partial charge in [-0.25, -0.2) is 4.57 Å². The minimum atomic E-state index is -4.10. The Morgan fingerprint density at radius 3 is 1.55 bits per heavy atom. The summed E-state index contributed by atoms with van der Waals surface area (Å²) in [6.07, 6.45) is 5.71. The summed E-state index contributed by atoms with van der Waals surface area (Å²) in [5.41, 5.74) is 0. The first-order valence-electron chi connectivity index (χ1n) is 13.4. The van der Waals surface area contributed by atoms with Crippen molar-refractivity contribution in [1.29, 1.82) is 0 Å². The third-order valence-corrected chi connectivity index (χ3v) is 7.00. The fourth-order valence-electron chi connectivity index (χ4n) is 2.77. The second-order valence-electron chi connectivity index (χ2n) is 8.34. The first kappa shape index (κ1) is 39.9. The molecule has 3 N–H and O–H groups in total. The van der Waals surface area contributed by atoms with Gasteiger partial charge in [-0.3, -0.25) is 18.4 Å². The SMILES string of the molecule is CSCCC(=O)NCCCCCCOP(=O)(O)OCCOCCOCCOCCOCCOCCOP(C)(=O)O. The maximum atomic E-state index is 11.8. The van der Waals surface area contributed by atoms with E-state index in [0.717, 1.165) is 31.7 Å². The predicted molar refractivity (Wildman–Crippen MR) is 152 cm³/mol. The molecule has 0 bridgehead atoms. The fourth-order valence-corrected chi connectivity index (χ4v) is 4.31. The number of rotatable bonds is 31. The summed E-state index contributed by atoms with van der Waals surface area (Å²) >= 11 is 1.64. The summed E-state index contributed by atoms with van der Waals surface area (Å²) in [5.74, 6) is 0.886. The van der Waals surface area contributed by atoms with Crippen molar-refractivity contribution >= 4 is 33.1 Å². The Balaban J connectivity index is 3.33. The quantitative estimate of drug-likeness (QED) is 0.0743. The van der Waals surface area contributed by atoms with Gasteiger partial charge in [-0.2, -0.15) is 11.8 Å². The molecular weight excluding hydrogens is 592 g/mol. The summed E-state index contributed by atoms with van der Waals surface area (Å²) in [6, 6.07) is 0. The van der Waals surface area contributed by atoms with Gasteiger partial charge in [0.05, 0.1) is 85.9 Å². The molecule has 0 aromatic carbocycles. The molecule has 0 heterocycles. The largest absolute Gasteiger partial charge is 0.472 e. The highest BCUT2D eigenvalue weighted by atomic mass is 32.2. The monoisotopic (exact) mass is 641 g/mol. The topological polar surface area (TPSA) is 178 Å². The van der Waals surface area contributed by atoms with Crippen molar-refractivity contribution in [3.8, 4) is 0 Å². The Kier molecular flexibility index (Phi) is 27.6. The molecule has 17 heteroatoms. The molecule has 0 rings (SSSR count). The maximum Gasteiger partial charge on any atom is 0.472 e. The lowest BCUT2D eigenvalue weighted by Crippen LogP contribution is -2.24. The third-order valence-electron chi connectivity index (χ3n) is 4.71. The molecule has 14 nitrogen and oxygen atoms in total. The van der Waals surface area contributed by atoms with Crippen LogP contribution < -0.4 is 5.32 Å². The van der Waals surface area contributed by atoms with E-state index in [1.807, 2.05) is 6.26 Å². The van der Waals surface area contributed by atoms with Crippen molar-refractivity contribution < 1.29 is 61.0 Å². The van der Waals surface area contributed by atoms with Gasteiger partial charge >= 0.3 is 15.4 Å². The number of hydrogen-bond donors (Lipinski definition) is 3. The van der Waals surface area contributed by atoms with Crippen LogP contribution in [0.5, 0.6) is 0 Å². The molecule has 0 radical (unpaired) electrons. The van der Waals surface area contributed by atoms with Crippen LogP contribution in [0.3, 0.4) is 0 Å². The molecule has 0 aliphatic rings. The van der Waals surface area contributed by atoms with Crippen LogP contribution in [0.1, 0.15) is 32.1 Å². The first-order valence-corrected chi connectivity index (χ1v) is 18.3. The molecule has 0 fully saturated rings. The van der Waals surface area contributed by atoms with Gasteiger partial charge in [0.25, 0.3) is 0 Å². The van der Waals surface area contributed by atoms with Crippen LogP contribution in [0.15, 0.2) is 0 Å². The van der Waals surface area contributed by atoms with E-state index in [1.165, 1.54) is 0 Å². The number of phosphoric ester groups is 1. The van der Waals surface area contributed by atoms with Crippen LogP contribution in [0.25, 0.3) is 0 Å². The van der Waals surface area contributed by atoms with Gasteiger partial charge in [-0.05, 0) is 19.1 Å². The van der Waals surface area contributed by atoms with Gasteiger partial charge in [0, 0.05) is 25.4 Å². The van der Waals surface area contributed by atoms with Gasteiger partial charge in [0.2, 0.25) is 5.91 Å². The Labute approximate surface area is 242 Å². The van der Waals surface area contributed by atoms with Crippen molar-refractivity contribution in [3.05, 3.63) is 0 Å². The first-order chi connectivity index (χ1) is 19.2. The second kappa shape index (κ2) is 27.7. The third kappa shape index (κ3) is 32.4. The summed E-state index contributed by atoms with van der Waals surface area (Å²) in [4.78, 5) is 30.1. The van der Waals surface area contributed by atoms with Gasteiger partial charge < -0.3 is 43.3 Å². The zero-order chi connectivity index (χ0) is 29.8. The molecule has 2 atom stereocenters. The van der Waals surface area contributed by atoms with Crippen molar-refractivity contribution in [2.45, 2.75) is 32.1 Å². The molecule has 0 spiro atoms. The van der Waals surface area contributed by atoms with Crippen molar-refractivity contribution in [1.82, 2.24) is 5.32 Å². The number of nitrogens with one attached hydrogen (secondary N) is 1. The molecule has 1 amide bonds. The lowest BCUT2D eigenvalue weighted by atomic mass is 10.2. The predicted octanol–water partition coefficient (Wildman–Crippen LogP) is 2.46. The molecule has 0 saturated carbocycles. The second-order valence-corrected chi connectivity index (χ2v) is 12.6. The van der Waals surface area contributed by atoms with E-state index in [-0.39, 0.29) is 38.9 Å². The van der Waals surface area contributed by atoms with Crippen LogP contribution >= 0.6 is 27.2 Å². The maximum absolute atomic E-state index is 11.8. The van der Waals surface area contributed by atoms with Crippen LogP contribution in [-0.2, 0) is 51.2 Å². The van der Waals surface area contributed by atoms with Crippen LogP contribution in [0.4, 0.5) is 0 Å². The van der Waals surface area contributed by atoms with Crippen molar-refractivity contribution in [3.63, 3.8) is 0 Å². The Bertz CT molecular complexity index is 687. The van der Waals surface area contributed by atoms with E-state index in [1.54, 1.807) is 11.8 Å². The molecule has 240 valence electrons. The molecule has 40 heavy (non-hydrogen) atoms. The highest BCUT2D eigenvalue weighted by Crippen LogP contribution is 2.43. The zero-order valence-electron chi connectivity index (χ0n) is 23.8. The number of carbonyl (C=O) groups excluding carboxylic acids is 1. The van der Waals surface area contributed by atoms with Crippen molar-refractivity contribution in [2.24, 2.45) is 0 Å². The summed E-state index contributed by atoms with van der Waals surface area (Å²) in [7, 11) is -7.55. The molecular formula is C23H49NO13P2S. The summed E-state index contributed by atoms with van der Waals surface area (Å²) in [5, 5.41) is 2.87. The number of amides is 1. The Morgan fingerprint density at radius 1 is 0.650 bits per heavy atom. The average Bonchev–Trinajstić information content (AvgIpc) is 2.89. The lowest BCUT2D eigenvalue weighted by molar-refractivity contribution is -0.120. The number of ether oxygens (including phenoxy) is 5. The van der Waals surface area contributed by atoms with E-state index in [9.17, 15) is 18.8 Å². The molecule has 0 aromatic rings. The molecule has 0 aromatic heterocycles. The van der Waals surface area contributed by atoms with E-state index in [0.29, 0.717) is 72.2 Å². The highest BCUT2D eigenvalue weighted by Gasteiger charge is 2.20. The number of phosphoric acid groups is 1. The van der Waals surface area contributed by atoms with E-state index in [2.05, 4.69) is 9.84 Å². The molecule has 2 unspecified atom stereocenters. The van der Waals surface area contributed by atoms with Gasteiger partial charge in [0.1, 0.15) is 0 Å². The Morgan fingerprint density at radius 2 is 1.07 bits per heavy atom. The molecule has 0 saturated heterocycles. The smallest absolute Gasteiger partial charge is 0.377 e. The number of unbranched alkanes of at least 4 members (excludes halogenated alkanes) is 3. The normalized spacial score (nSPS) is 14.6. The van der Waals surface area contributed by atoms with Crippen LogP contribution in [-0.4, -0.2) is 127 Å². The van der Waals surface area contributed by atoms with E-state index < -0.39 is 15.4 Å². The minimum Gasteiger partial charge on any atom is -0.377 e. The number of hydrogen-bond acceptors (Lipinski definition) is 12. The average molecular weight is 642 g/mol. The van der Waals surface area contributed by atoms with Crippen LogP contribution in [0.2, 0.25) is 0 Å². The summed E-state index contributed by atoms with van der Waals surface area (Å²) in [6.45, 7) is 5.19. The van der Waals surface area contributed by atoms with Crippen LogP contribution in [0, 0.1) is 0 Å². The Hall–Kier alpha value is -0.120. The minimum absolute atomic E-state index is 0.0525. The number of carbonyl (C=O) groups is 1. The zero-order valence-corrected chi connectivity index (χ0v) is 26.4. The lowest BCUT2D eigenvalue weighted by Gasteiger charge is -2.12. The highest BCUT2D eigenvalue weighted by molar-refractivity contribution is 7.98. The number of thioether (sulfide) groups is 1. The summed E-state index contributed by atoms with van der Waals surface area (Å²) < 4.78 is 63.8. The van der Waals surface area contributed by atoms with Gasteiger partial charge in [-0.15, -0.1) is 0 Å². The van der Waals surface area contributed by atoms with E-state index >= 15 is 0 Å². The van der Waals surface area contributed by atoms with Crippen molar-refractivity contribution in [2.75, 3.05) is 111 Å². The van der Waals surface area contributed by atoms with E-state index in [4.69, 9.17) is 37.6 Å².